The van der Waals surface area contributed by atoms with E-state index in [1.54, 1.807) is 0 Å². The highest BCUT2D eigenvalue weighted by atomic mass is 14.9. The zero-order chi connectivity index (χ0) is 13.9. The monoisotopic (exact) mass is 261 g/mol. The minimum Gasteiger partial charge on any atom is -0.380 e. The molecule has 0 aliphatic heterocycles. The Morgan fingerprint density at radius 1 is 0.800 bits per heavy atom. The largest absolute Gasteiger partial charge is 0.380 e. The van der Waals surface area contributed by atoms with Gasteiger partial charge in [0.2, 0.25) is 0 Å². The number of nitrogens with one attached hydrogen (secondary N) is 1. The van der Waals surface area contributed by atoms with Crippen LogP contribution in [0, 0.1) is 13.8 Å². The number of hydrogen-bond acceptors (Lipinski definition) is 1. The van der Waals surface area contributed by atoms with Gasteiger partial charge in [-0.1, -0.05) is 54.6 Å². The van der Waals surface area contributed by atoms with Crippen LogP contribution in [-0.4, -0.2) is 0 Å². The van der Waals surface area contributed by atoms with E-state index < -0.39 is 0 Å². The van der Waals surface area contributed by atoms with Crippen molar-refractivity contribution in [2.24, 2.45) is 0 Å². The van der Waals surface area contributed by atoms with Crippen LogP contribution in [0.5, 0.6) is 0 Å². The molecule has 0 aromatic heterocycles. The normalized spacial score (nSPS) is 10.7. The van der Waals surface area contributed by atoms with E-state index >= 15 is 0 Å². The second kappa shape index (κ2) is 5.38. The van der Waals surface area contributed by atoms with Crippen LogP contribution < -0.4 is 5.32 Å². The first-order valence-electron chi connectivity index (χ1n) is 7.02. The Bertz CT molecular complexity index is 738. The lowest BCUT2D eigenvalue weighted by Gasteiger charge is -2.11. The smallest absolute Gasteiger partial charge is 0.0422 e. The fourth-order valence-electron chi connectivity index (χ4n) is 2.49. The zero-order valence-corrected chi connectivity index (χ0v) is 12.0. The van der Waals surface area contributed by atoms with Crippen LogP contribution in [0.2, 0.25) is 0 Å². The third kappa shape index (κ3) is 2.53. The van der Waals surface area contributed by atoms with Crippen LogP contribution in [0.4, 0.5) is 5.69 Å². The second-order valence-corrected chi connectivity index (χ2v) is 5.30. The van der Waals surface area contributed by atoms with Gasteiger partial charge in [0.25, 0.3) is 0 Å². The minimum absolute atomic E-state index is 0.856. The Hall–Kier alpha value is -2.28. The highest BCUT2D eigenvalue weighted by Gasteiger charge is 2.01. The fourth-order valence-corrected chi connectivity index (χ4v) is 2.49. The molecule has 0 saturated heterocycles. The maximum Gasteiger partial charge on any atom is 0.0422 e. The summed E-state index contributed by atoms with van der Waals surface area (Å²) >= 11 is 0. The summed E-state index contributed by atoms with van der Waals surface area (Å²) in [5.74, 6) is 0. The van der Waals surface area contributed by atoms with Gasteiger partial charge in [-0.3, -0.25) is 0 Å². The quantitative estimate of drug-likeness (QED) is 0.694. The van der Waals surface area contributed by atoms with Crippen molar-refractivity contribution in [3.05, 3.63) is 77.4 Å². The van der Waals surface area contributed by atoms with Crippen molar-refractivity contribution in [3.63, 3.8) is 0 Å². The number of anilines is 1. The zero-order valence-electron chi connectivity index (χ0n) is 12.0. The van der Waals surface area contributed by atoms with Crippen molar-refractivity contribution in [1.29, 1.82) is 0 Å². The molecule has 3 aromatic rings. The lowest BCUT2D eigenvalue weighted by molar-refractivity contribution is 1.14. The molecule has 0 bridgehead atoms. The van der Waals surface area contributed by atoms with E-state index in [2.05, 4.69) is 79.8 Å². The van der Waals surface area contributed by atoms with Crippen molar-refractivity contribution in [1.82, 2.24) is 0 Å². The Morgan fingerprint density at radius 2 is 1.60 bits per heavy atom. The summed E-state index contributed by atoms with van der Waals surface area (Å²) in [4.78, 5) is 0. The van der Waals surface area contributed by atoms with Crippen molar-refractivity contribution >= 4 is 16.5 Å². The molecule has 0 atom stereocenters. The molecule has 3 aromatic carbocycles. The third-order valence-corrected chi connectivity index (χ3v) is 3.84. The lowest BCUT2D eigenvalue weighted by Crippen LogP contribution is -2.00. The Kier molecular flexibility index (Phi) is 3.42. The minimum atomic E-state index is 0.856. The molecule has 1 heteroatoms. The maximum absolute atomic E-state index is 3.55. The number of aryl methyl sites for hydroxylation is 2. The van der Waals surface area contributed by atoms with Gasteiger partial charge >= 0.3 is 0 Å². The molecule has 3 rings (SSSR count). The summed E-state index contributed by atoms with van der Waals surface area (Å²) in [6.07, 6.45) is 0. The van der Waals surface area contributed by atoms with E-state index in [1.165, 1.54) is 33.2 Å². The molecule has 0 heterocycles. The molecular formula is C19H19N. The van der Waals surface area contributed by atoms with Crippen LogP contribution >= 0.6 is 0 Å². The topological polar surface area (TPSA) is 12.0 Å². The molecule has 0 saturated carbocycles. The first-order valence-corrected chi connectivity index (χ1v) is 7.02. The number of hydrogen-bond donors (Lipinski definition) is 1. The average Bonchev–Trinajstić information content (AvgIpc) is 2.48. The summed E-state index contributed by atoms with van der Waals surface area (Å²) in [5, 5.41) is 6.10. The van der Waals surface area contributed by atoms with Crippen molar-refractivity contribution in [3.8, 4) is 0 Å². The van der Waals surface area contributed by atoms with Crippen LogP contribution in [0.3, 0.4) is 0 Å². The van der Waals surface area contributed by atoms with Crippen LogP contribution in [-0.2, 0) is 6.54 Å². The predicted molar refractivity (Wildman–Crippen MR) is 87.2 cm³/mol. The standard InChI is InChI=1S/C19H19N/c1-14-10-11-16(12-15(14)2)13-20-19-9-5-7-17-6-3-4-8-18(17)19/h3-12,20H,13H2,1-2H3. The number of fused-ring (bicyclic) bond motifs is 1. The van der Waals surface area contributed by atoms with Crippen LogP contribution in [0.25, 0.3) is 10.8 Å². The van der Waals surface area contributed by atoms with E-state index in [4.69, 9.17) is 0 Å². The van der Waals surface area contributed by atoms with Crippen molar-refractivity contribution < 1.29 is 0 Å². The van der Waals surface area contributed by atoms with Gasteiger partial charge in [-0.25, -0.2) is 0 Å². The Labute approximate surface area is 120 Å². The van der Waals surface area contributed by atoms with Crippen molar-refractivity contribution in [2.45, 2.75) is 20.4 Å². The van der Waals surface area contributed by atoms with Gasteiger partial charge in [0.1, 0.15) is 0 Å². The van der Waals surface area contributed by atoms with E-state index in [9.17, 15) is 0 Å². The SMILES string of the molecule is Cc1ccc(CNc2cccc3ccccc23)cc1C. The van der Waals surface area contributed by atoms with Gasteiger partial charge in [-0.05, 0) is 42.0 Å². The van der Waals surface area contributed by atoms with Gasteiger partial charge in [0, 0.05) is 17.6 Å². The molecule has 0 spiro atoms. The molecule has 1 N–H and O–H groups in total. The van der Waals surface area contributed by atoms with Gasteiger partial charge in [-0.15, -0.1) is 0 Å². The molecule has 0 aliphatic rings. The second-order valence-electron chi connectivity index (χ2n) is 5.30. The van der Waals surface area contributed by atoms with Gasteiger partial charge in [-0.2, -0.15) is 0 Å². The molecular weight excluding hydrogens is 242 g/mol. The summed E-state index contributed by atoms with van der Waals surface area (Å²) in [6, 6.07) is 21.5. The number of rotatable bonds is 3. The first kappa shape index (κ1) is 12.7. The molecule has 0 aliphatic carbocycles. The van der Waals surface area contributed by atoms with Crippen LogP contribution in [0.15, 0.2) is 60.7 Å². The molecule has 0 amide bonds. The Morgan fingerprint density at radius 3 is 2.45 bits per heavy atom. The van der Waals surface area contributed by atoms with E-state index in [0.29, 0.717) is 0 Å². The lowest BCUT2D eigenvalue weighted by atomic mass is 10.1. The van der Waals surface area contributed by atoms with Crippen LogP contribution in [0.1, 0.15) is 16.7 Å². The van der Waals surface area contributed by atoms with E-state index in [1.807, 2.05) is 0 Å². The molecule has 20 heavy (non-hydrogen) atoms. The fraction of sp³-hybridized carbons (Fsp3) is 0.158. The Balaban J connectivity index is 1.85. The summed E-state index contributed by atoms with van der Waals surface area (Å²) in [6.45, 7) is 5.17. The average molecular weight is 261 g/mol. The predicted octanol–water partition coefficient (Wildman–Crippen LogP) is 5.07. The molecule has 0 fully saturated rings. The number of benzene rings is 3. The highest BCUT2D eigenvalue weighted by molar-refractivity contribution is 5.93. The van der Waals surface area contributed by atoms with E-state index in [-0.39, 0.29) is 0 Å². The highest BCUT2D eigenvalue weighted by Crippen LogP contribution is 2.23. The van der Waals surface area contributed by atoms with Gasteiger partial charge in [0.05, 0.1) is 0 Å². The van der Waals surface area contributed by atoms with E-state index in [0.717, 1.165) is 6.54 Å². The summed E-state index contributed by atoms with van der Waals surface area (Å²) in [7, 11) is 0. The third-order valence-electron chi connectivity index (χ3n) is 3.84. The molecule has 0 unspecified atom stereocenters. The maximum atomic E-state index is 3.55. The molecule has 100 valence electrons. The van der Waals surface area contributed by atoms with Gasteiger partial charge < -0.3 is 5.32 Å². The van der Waals surface area contributed by atoms with Crippen molar-refractivity contribution in [2.75, 3.05) is 5.32 Å². The molecule has 0 radical (unpaired) electrons. The summed E-state index contributed by atoms with van der Waals surface area (Å²) in [5.41, 5.74) is 5.21. The first-order chi connectivity index (χ1) is 9.74. The van der Waals surface area contributed by atoms with Gasteiger partial charge in [0.15, 0.2) is 0 Å². The summed E-state index contributed by atoms with van der Waals surface area (Å²) < 4.78 is 0. The molecule has 1 nitrogen and oxygen atoms in total.